The Labute approximate surface area is 102 Å². The van der Waals surface area contributed by atoms with Gasteiger partial charge in [-0.25, -0.2) is 0 Å². The van der Waals surface area contributed by atoms with Gasteiger partial charge in [-0.05, 0) is 18.9 Å². The molecule has 0 aromatic carbocycles. The van der Waals surface area contributed by atoms with Gasteiger partial charge in [0.05, 0.1) is 5.88 Å². The minimum absolute atomic E-state index is 0.0130. The molecule has 0 atom stereocenters. The standard InChI is InChI=1S/C11H12ClF3N2/c12-5-8-6-16-4-3-10(8)17(9-1-2-9)7-11(13,14)15/h3-4,6,9H,1-2,5,7H2. The smallest absolute Gasteiger partial charge is 0.359 e. The Balaban J connectivity index is 2.26. The van der Waals surface area contributed by atoms with Crippen LogP contribution in [0.5, 0.6) is 0 Å². The highest BCUT2D eigenvalue weighted by Crippen LogP contribution is 2.36. The van der Waals surface area contributed by atoms with E-state index in [1.54, 1.807) is 6.07 Å². The molecule has 1 aliphatic rings. The summed E-state index contributed by atoms with van der Waals surface area (Å²) in [6.07, 6.45) is 0.431. The first-order valence-electron chi connectivity index (χ1n) is 5.33. The Bertz CT molecular complexity index is 391. The summed E-state index contributed by atoms with van der Waals surface area (Å²) >= 11 is 5.72. The Morgan fingerprint density at radius 1 is 1.41 bits per heavy atom. The van der Waals surface area contributed by atoms with Gasteiger partial charge in [-0.3, -0.25) is 4.98 Å². The minimum Gasteiger partial charge on any atom is -0.359 e. The molecule has 6 heteroatoms. The SMILES string of the molecule is FC(F)(F)CN(c1ccncc1CCl)C1CC1. The predicted molar refractivity (Wildman–Crippen MR) is 60.2 cm³/mol. The van der Waals surface area contributed by atoms with Gasteiger partial charge in [-0.15, -0.1) is 11.6 Å². The van der Waals surface area contributed by atoms with Gasteiger partial charge in [-0.1, -0.05) is 0 Å². The summed E-state index contributed by atoms with van der Waals surface area (Å²) in [6.45, 7) is -0.925. The van der Waals surface area contributed by atoms with E-state index in [4.69, 9.17) is 11.6 Å². The van der Waals surface area contributed by atoms with E-state index in [0.717, 1.165) is 12.8 Å². The highest BCUT2D eigenvalue weighted by Gasteiger charge is 2.38. The number of halogens is 4. The van der Waals surface area contributed by atoms with Crippen LogP contribution in [0.25, 0.3) is 0 Å². The first-order valence-corrected chi connectivity index (χ1v) is 5.87. The summed E-state index contributed by atoms with van der Waals surface area (Å²) in [5, 5.41) is 0. The molecule has 17 heavy (non-hydrogen) atoms. The summed E-state index contributed by atoms with van der Waals surface area (Å²) in [5.41, 5.74) is 1.19. The van der Waals surface area contributed by atoms with Crippen LogP contribution in [-0.2, 0) is 5.88 Å². The van der Waals surface area contributed by atoms with E-state index in [9.17, 15) is 13.2 Å². The summed E-state index contributed by atoms with van der Waals surface area (Å²) in [4.78, 5) is 5.27. The number of hydrogen-bond donors (Lipinski definition) is 0. The molecule has 2 nitrogen and oxygen atoms in total. The largest absolute Gasteiger partial charge is 0.405 e. The van der Waals surface area contributed by atoms with E-state index in [1.807, 2.05) is 0 Å². The lowest BCUT2D eigenvalue weighted by Crippen LogP contribution is -2.36. The van der Waals surface area contributed by atoms with Gasteiger partial charge in [0.2, 0.25) is 0 Å². The van der Waals surface area contributed by atoms with Crippen molar-refractivity contribution in [3.8, 4) is 0 Å². The number of nitrogens with zero attached hydrogens (tertiary/aromatic N) is 2. The monoisotopic (exact) mass is 264 g/mol. The Morgan fingerprint density at radius 3 is 2.65 bits per heavy atom. The number of hydrogen-bond acceptors (Lipinski definition) is 2. The lowest BCUT2D eigenvalue weighted by molar-refractivity contribution is -0.120. The zero-order chi connectivity index (χ0) is 12.5. The van der Waals surface area contributed by atoms with Gasteiger partial charge in [0.15, 0.2) is 0 Å². The fraction of sp³-hybridized carbons (Fsp3) is 0.545. The van der Waals surface area contributed by atoms with Crippen molar-refractivity contribution < 1.29 is 13.2 Å². The van der Waals surface area contributed by atoms with Crippen molar-refractivity contribution in [2.24, 2.45) is 0 Å². The Kier molecular flexibility index (Phi) is 3.47. The number of rotatable bonds is 4. The third-order valence-electron chi connectivity index (χ3n) is 2.67. The molecule has 2 rings (SSSR count). The first-order chi connectivity index (χ1) is 8.01. The molecule has 0 radical (unpaired) electrons. The van der Waals surface area contributed by atoms with Gasteiger partial charge in [0, 0.05) is 29.7 Å². The van der Waals surface area contributed by atoms with Crippen molar-refractivity contribution in [3.63, 3.8) is 0 Å². The third-order valence-corrected chi connectivity index (χ3v) is 2.96. The molecule has 1 fully saturated rings. The van der Waals surface area contributed by atoms with Gasteiger partial charge >= 0.3 is 6.18 Å². The number of anilines is 1. The average Bonchev–Trinajstić information content (AvgIpc) is 3.08. The van der Waals surface area contributed by atoms with Crippen LogP contribution in [0.3, 0.4) is 0 Å². The number of pyridine rings is 1. The molecular formula is C11H12ClF3N2. The van der Waals surface area contributed by atoms with Gasteiger partial charge in [0.1, 0.15) is 6.54 Å². The summed E-state index contributed by atoms with van der Waals surface area (Å²) in [6, 6.07) is 1.59. The van der Waals surface area contributed by atoms with Crippen LogP contribution in [0.2, 0.25) is 0 Å². The van der Waals surface area contributed by atoms with E-state index >= 15 is 0 Å². The van der Waals surface area contributed by atoms with E-state index in [-0.39, 0.29) is 11.9 Å². The number of alkyl halides is 4. The maximum atomic E-state index is 12.5. The van der Waals surface area contributed by atoms with Crippen molar-refractivity contribution in [1.29, 1.82) is 0 Å². The van der Waals surface area contributed by atoms with Crippen LogP contribution < -0.4 is 4.90 Å². The zero-order valence-corrected chi connectivity index (χ0v) is 9.80. The Morgan fingerprint density at radius 2 is 2.12 bits per heavy atom. The zero-order valence-electron chi connectivity index (χ0n) is 9.04. The molecule has 94 valence electrons. The van der Waals surface area contributed by atoms with Crippen molar-refractivity contribution in [3.05, 3.63) is 24.0 Å². The molecule has 0 bridgehead atoms. The van der Waals surface area contributed by atoms with Crippen molar-refractivity contribution in [2.45, 2.75) is 30.9 Å². The van der Waals surface area contributed by atoms with Crippen molar-refractivity contribution in [1.82, 2.24) is 4.98 Å². The maximum Gasteiger partial charge on any atom is 0.405 e. The van der Waals surface area contributed by atoms with Gasteiger partial charge < -0.3 is 4.90 Å². The molecule has 1 aromatic heterocycles. The summed E-state index contributed by atoms with van der Waals surface area (Å²) in [5.74, 6) is 0.171. The van der Waals surface area contributed by atoms with Crippen LogP contribution in [0.15, 0.2) is 18.5 Å². The third kappa shape index (κ3) is 3.25. The average molecular weight is 265 g/mol. The summed E-state index contributed by atoms with van der Waals surface area (Å²) < 4.78 is 37.6. The fourth-order valence-corrected chi connectivity index (χ4v) is 2.00. The molecule has 1 aromatic rings. The van der Waals surface area contributed by atoms with E-state index in [0.29, 0.717) is 11.3 Å². The molecule has 0 spiro atoms. The summed E-state index contributed by atoms with van der Waals surface area (Å²) in [7, 11) is 0. The molecule has 0 saturated heterocycles. The molecule has 0 unspecified atom stereocenters. The van der Waals surface area contributed by atoms with Crippen LogP contribution in [-0.4, -0.2) is 23.7 Å². The lowest BCUT2D eigenvalue weighted by atomic mass is 10.2. The quantitative estimate of drug-likeness (QED) is 0.776. The normalized spacial score (nSPS) is 16.0. The lowest BCUT2D eigenvalue weighted by Gasteiger charge is -2.27. The Hall–Kier alpha value is -0.970. The van der Waals surface area contributed by atoms with Crippen LogP contribution in [0.1, 0.15) is 18.4 Å². The second kappa shape index (κ2) is 4.72. The molecule has 0 amide bonds. The van der Waals surface area contributed by atoms with Crippen molar-refractivity contribution >= 4 is 17.3 Å². The first kappa shape index (κ1) is 12.5. The fourth-order valence-electron chi connectivity index (χ4n) is 1.79. The maximum absolute atomic E-state index is 12.5. The number of aromatic nitrogens is 1. The topological polar surface area (TPSA) is 16.1 Å². The molecule has 0 N–H and O–H groups in total. The predicted octanol–water partition coefficient (Wildman–Crippen LogP) is 3.35. The van der Waals surface area contributed by atoms with Crippen molar-refractivity contribution in [2.75, 3.05) is 11.4 Å². The molecule has 1 aliphatic carbocycles. The molecule has 1 heterocycles. The molecule has 0 aliphatic heterocycles. The van der Waals surface area contributed by atoms with Gasteiger partial charge in [-0.2, -0.15) is 13.2 Å². The highest BCUT2D eigenvalue weighted by molar-refractivity contribution is 6.17. The van der Waals surface area contributed by atoms with E-state index in [2.05, 4.69) is 4.98 Å². The van der Waals surface area contributed by atoms with Crippen LogP contribution in [0, 0.1) is 0 Å². The second-order valence-electron chi connectivity index (χ2n) is 4.11. The van der Waals surface area contributed by atoms with E-state index < -0.39 is 12.7 Å². The van der Waals surface area contributed by atoms with E-state index in [1.165, 1.54) is 17.3 Å². The van der Waals surface area contributed by atoms with Gasteiger partial charge in [0.25, 0.3) is 0 Å². The second-order valence-corrected chi connectivity index (χ2v) is 4.38. The molecule has 1 saturated carbocycles. The van der Waals surface area contributed by atoms with Crippen LogP contribution >= 0.6 is 11.6 Å². The minimum atomic E-state index is -4.20. The molecular weight excluding hydrogens is 253 g/mol. The highest BCUT2D eigenvalue weighted by atomic mass is 35.5. The van der Waals surface area contributed by atoms with Crippen LogP contribution in [0.4, 0.5) is 18.9 Å².